The minimum absolute atomic E-state index is 0.116. The first-order chi connectivity index (χ1) is 15.7. The van der Waals surface area contributed by atoms with Crippen LogP contribution in [0.4, 0.5) is 17.1 Å². The molecule has 168 valence electrons. The first-order valence-electron chi connectivity index (χ1n) is 10.7. The van der Waals surface area contributed by atoms with E-state index in [1.54, 1.807) is 24.3 Å². The topological polar surface area (TPSA) is 73.2 Å². The lowest BCUT2D eigenvalue weighted by atomic mass is 10.1. The van der Waals surface area contributed by atoms with E-state index in [1.807, 2.05) is 81.1 Å². The second-order valence-electron chi connectivity index (χ2n) is 8.25. The smallest absolute Gasteiger partial charge is 0.139 e. The van der Waals surface area contributed by atoms with Crippen LogP contribution in [0, 0.1) is 27.7 Å². The van der Waals surface area contributed by atoms with Gasteiger partial charge < -0.3 is 25.0 Å². The maximum Gasteiger partial charge on any atom is 0.139 e. The van der Waals surface area contributed by atoms with Crippen molar-refractivity contribution in [3.8, 4) is 28.7 Å². The zero-order valence-corrected chi connectivity index (χ0v) is 19.1. The number of benzene rings is 4. The SMILES string of the molecule is Cc1ccc(N(c2ccc(Oc3ccc(O)c(C)c3C)cc2)c2ccc(C)cc2O)c(O)c1. The molecule has 0 spiro atoms. The molecule has 0 radical (unpaired) electrons. The van der Waals surface area contributed by atoms with Crippen LogP contribution < -0.4 is 9.64 Å². The van der Waals surface area contributed by atoms with Crippen LogP contribution in [-0.4, -0.2) is 15.3 Å². The number of phenols is 3. The summed E-state index contributed by atoms with van der Waals surface area (Å²) in [4.78, 5) is 1.81. The van der Waals surface area contributed by atoms with Gasteiger partial charge in [0.05, 0.1) is 11.4 Å². The maximum atomic E-state index is 10.7. The molecule has 0 saturated carbocycles. The molecule has 0 bridgehead atoms. The van der Waals surface area contributed by atoms with Gasteiger partial charge in [0, 0.05) is 5.69 Å². The van der Waals surface area contributed by atoms with Crippen LogP contribution in [0.3, 0.4) is 0 Å². The summed E-state index contributed by atoms with van der Waals surface area (Å²) < 4.78 is 6.04. The molecule has 0 atom stereocenters. The van der Waals surface area contributed by atoms with Crippen LogP contribution >= 0.6 is 0 Å². The van der Waals surface area contributed by atoms with Crippen molar-refractivity contribution in [1.29, 1.82) is 0 Å². The Balaban J connectivity index is 1.74. The summed E-state index contributed by atoms with van der Waals surface area (Å²) in [6.07, 6.45) is 0. The number of aryl methyl sites for hydroxylation is 2. The fourth-order valence-corrected chi connectivity index (χ4v) is 3.74. The van der Waals surface area contributed by atoms with E-state index in [2.05, 4.69) is 0 Å². The average Bonchev–Trinajstić information content (AvgIpc) is 2.78. The molecule has 0 aromatic heterocycles. The largest absolute Gasteiger partial charge is 0.508 e. The number of hydrogen-bond donors (Lipinski definition) is 3. The highest BCUT2D eigenvalue weighted by atomic mass is 16.5. The molecule has 4 rings (SSSR count). The molecule has 0 heterocycles. The van der Waals surface area contributed by atoms with Gasteiger partial charge in [0.25, 0.3) is 0 Å². The third-order valence-corrected chi connectivity index (χ3v) is 5.78. The van der Waals surface area contributed by atoms with Crippen molar-refractivity contribution in [2.75, 3.05) is 4.90 Å². The molecule has 3 N–H and O–H groups in total. The second kappa shape index (κ2) is 8.79. The molecule has 4 aromatic rings. The Morgan fingerprint density at radius 1 is 0.576 bits per heavy atom. The van der Waals surface area contributed by atoms with Gasteiger partial charge in [0.2, 0.25) is 0 Å². The van der Waals surface area contributed by atoms with Crippen LogP contribution in [0.5, 0.6) is 28.7 Å². The third-order valence-electron chi connectivity index (χ3n) is 5.78. The van der Waals surface area contributed by atoms with Crippen molar-refractivity contribution in [3.63, 3.8) is 0 Å². The molecule has 0 amide bonds. The molecule has 5 heteroatoms. The van der Waals surface area contributed by atoms with E-state index in [1.165, 1.54) is 0 Å². The van der Waals surface area contributed by atoms with Crippen LogP contribution in [-0.2, 0) is 0 Å². The van der Waals surface area contributed by atoms with E-state index < -0.39 is 0 Å². The molecule has 0 aliphatic carbocycles. The van der Waals surface area contributed by atoms with E-state index >= 15 is 0 Å². The molecule has 33 heavy (non-hydrogen) atoms. The number of rotatable bonds is 5. The summed E-state index contributed by atoms with van der Waals surface area (Å²) in [5.74, 6) is 1.77. The molecule has 4 aromatic carbocycles. The lowest BCUT2D eigenvalue weighted by molar-refractivity contribution is 0.457. The van der Waals surface area contributed by atoms with Gasteiger partial charge in [-0.15, -0.1) is 0 Å². The van der Waals surface area contributed by atoms with E-state index in [4.69, 9.17) is 4.74 Å². The minimum atomic E-state index is 0.116. The Labute approximate surface area is 193 Å². The first kappa shape index (κ1) is 22.1. The summed E-state index contributed by atoms with van der Waals surface area (Å²) in [5, 5.41) is 31.3. The van der Waals surface area contributed by atoms with E-state index in [0.29, 0.717) is 22.9 Å². The number of phenolic OH excluding ortho intramolecular Hbond substituents is 3. The van der Waals surface area contributed by atoms with Crippen molar-refractivity contribution in [2.24, 2.45) is 0 Å². The number of nitrogens with zero attached hydrogens (tertiary/aromatic N) is 1. The van der Waals surface area contributed by atoms with Gasteiger partial charge in [-0.05, 0) is 111 Å². The highest BCUT2D eigenvalue weighted by Gasteiger charge is 2.19. The average molecular weight is 442 g/mol. The summed E-state index contributed by atoms with van der Waals surface area (Å²) in [6, 6.07) is 21.7. The van der Waals surface area contributed by atoms with Gasteiger partial charge in [-0.1, -0.05) is 12.1 Å². The number of aromatic hydroxyl groups is 3. The van der Waals surface area contributed by atoms with Crippen LogP contribution in [0.2, 0.25) is 0 Å². The number of hydrogen-bond acceptors (Lipinski definition) is 5. The zero-order valence-electron chi connectivity index (χ0n) is 19.1. The monoisotopic (exact) mass is 441 g/mol. The van der Waals surface area contributed by atoms with Crippen molar-refractivity contribution < 1.29 is 20.1 Å². The molecule has 0 aliphatic rings. The highest BCUT2D eigenvalue weighted by molar-refractivity contribution is 5.83. The number of anilines is 3. The van der Waals surface area contributed by atoms with Crippen LogP contribution in [0.1, 0.15) is 22.3 Å². The second-order valence-corrected chi connectivity index (χ2v) is 8.25. The van der Waals surface area contributed by atoms with Gasteiger partial charge in [-0.2, -0.15) is 0 Å². The minimum Gasteiger partial charge on any atom is -0.508 e. The van der Waals surface area contributed by atoms with Gasteiger partial charge >= 0.3 is 0 Å². The molecule has 0 unspecified atom stereocenters. The van der Waals surface area contributed by atoms with Crippen molar-refractivity contribution in [2.45, 2.75) is 27.7 Å². The predicted molar refractivity (Wildman–Crippen MR) is 132 cm³/mol. The standard InChI is InChI=1S/C28H27NO4/c1-17-5-11-23(26(31)15-17)29(24-12-6-18(2)16-27(24)32)21-7-9-22(10-8-21)33-28-14-13-25(30)19(3)20(28)4/h5-16,30-32H,1-4H3. The molecular formula is C28H27NO4. The first-order valence-corrected chi connectivity index (χ1v) is 10.7. The van der Waals surface area contributed by atoms with Gasteiger partial charge in [0.15, 0.2) is 0 Å². The molecule has 0 aliphatic heterocycles. The quantitative estimate of drug-likeness (QED) is 0.303. The van der Waals surface area contributed by atoms with E-state index in [-0.39, 0.29) is 17.2 Å². The summed E-state index contributed by atoms with van der Waals surface area (Å²) in [5.41, 5.74) is 5.38. The van der Waals surface area contributed by atoms with E-state index in [0.717, 1.165) is 27.9 Å². The fraction of sp³-hybridized carbons (Fsp3) is 0.143. The Morgan fingerprint density at radius 3 is 1.64 bits per heavy atom. The lowest BCUT2D eigenvalue weighted by Gasteiger charge is -2.27. The molecular weight excluding hydrogens is 414 g/mol. The zero-order chi connectivity index (χ0) is 23.7. The highest BCUT2D eigenvalue weighted by Crippen LogP contribution is 2.44. The molecule has 5 nitrogen and oxygen atoms in total. The summed E-state index contributed by atoms with van der Waals surface area (Å²) in [7, 11) is 0. The fourth-order valence-electron chi connectivity index (χ4n) is 3.74. The third kappa shape index (κ3) is 4.44. The Kier molecular flexibility index (Phi) is 5.88. The molecule has 0 fully saturated rings. The van der Waals surface area contributed by atoms with Crippen molar-refractivity contribution >= 4 is 17.1 Å². The van der Waals surface area contributed by atoms with Crippen LogP contribution in [0.25, 0.3) is 0 Å². The normalized spacial score (nSPS) is 10.8. The Bertz CT molecular complexity index is 1260. The van der Waals surface area contributed by atoms with Crippen molar-refractivity contribution in [3.05, 3.63) is 95.1 Å². The van der Waals surface area contributed by atoms with Gasteiger partial charge in [0.1, 0.15) is 28.7 Å². The van der Waals surface area contributed by atoms with Gasteiger partial charge in [-0.3, -0.25) is 0 Å². The maximum absolute atomic E-state index is 10.7. The Hall–Kier alpha value is -4.12. The molecule has 0 saturated heterocycles. The number of ether oxygens (including phenoxy) is 1. The van der Waals surface area contributed by atoms with Crippen molar-refractivity contribution in [1.82, 2.24) is 0 Å². The Morgan fingerprint density at radius 2 is 1.12 bits per heavy atom. The van der Waals surface area contributed by atoms with E-state index in [9.17, 15) is 15.3 Å². The van der Waals surface area contributed by atoms with Gasteiger partial charge in [-0.25, -0.2) is 0 Å². The summed E-state index contributed by atoms with van der Waals surface area (Å²) >= 11 is 0. The summed E-state index contributed by atoms with van der Waals surface area (Å²) in [6.45, 7) is 7.58. The predicted octanol–water partition coefficient (Wildman–Crippen LogP) is 7.30. The van der Waals surface area contributed by atoms with Crippen LogP contribution in [0.15, 0.2) is 72.8 Å². The lowest BCUT2D eigenvalue weighted by Crippen LogP contribution is -2.10.